The molecule has 3 N–H and O–H groups in total. The summed E-state index contributed by atoms with van der Waals surface area (Å²) in [4.78, 5) is -0.663. The number of nitrogens with zero attached hydrogens (tertiary/aromatic N) is 4. The van der Waals surface area contributed by atoms with Crippen LogP contribution in [0.15, 0.2) is 164 Å². The average molecular weight is 768 g/mol. The van der Waals surface area contributed by atoms with Crippen LogP contribution < -0.4 is 5.32 Å². The van der Waals surface area contributed by atoms with Crippen LogP contribution in [0.5, 0.6) is 0 Å². The van der Waals surface area contributed by atoms with Gasteiger partial charge < -0.3 is 5.32 Å². The van der Waals surface area contributed by atoms with Gasteiger partial charge in [0, 0.05) is 38.3 Å². The average Bonchev–Trinajstić information content (AvgIpc) is 3.13. The number of hydrogen-bond donors (Lipinski definition) is 3. The van der Waals surface area contributed by atoms with Crippen LogP contribution in [0.1, 0.15) is 0 Å². The standard InChI is InChI=1S/C36H25N5O6S2.O3S/c42-48(43,44)25-16-17-27-29(22-25)33(19-18-31(27)39-38-30-14-6-9-23-8-4-5-12-26(23)30)41-40-32-20-21-34(37-24-10-2-1-3-11-24)36-28(32)13-7-15-35(36)49(45,46)47;1-4(2)3/h1-22,37H,(H,42,43,44)(H,45,46,47);. The van der Waals surface area contributed by atoms with Gasteiger partial charge in [-0.25, -0.2) is 0 Å². The summed E-state index contributed by atoms with van der Waals surface area (Å²) in [5.41, 5.74) is 2.70. The van der Waals surface area contributed by atoms with Gasteiger partial charge in [-0.05, 0) is 66.0 Å². The molecule has 0 unspecified atom stereocenters. The van der Waals surface area contributed by atoms with Gasteiger partial charge in [-0.3, -0.25) is 9.11 Å². The number of nitrogens with one attached hydrogen (secondary N) is 1. The highest BCUT2D eigenvalue weighted by atomic mass is 32.2. The lowest BCUT2D eigenvalue weighted by molar-refractivity contribution is 0.481. The summed E-state index contributed by atoms with van der Waals surface area (Å²) in [5.74, 6) is 0. The van der Waals surface area contributed by atoms with Crippen molar-refractivity contribution in [1.82, 2.24) is 0 Å². The minimum Gasteiger partial charge on any atom is -0.355 e. The van der Waals surface area contributed by atoms with E-state index >= 15 is 0 Å². The number of para-hydroxylation sites is 1. The molecule has 0 aliphatic carbocycles. The highest BCUT2D eigenvalue weighted by Gasteiger charge is 2.19. The van der Waals surface area contributed by atoms with E-state index in [1.807, 2.05) is 72.8 Å². The maximum atomic E-state index is 12.4. The molecule has 0 radical (unpaired) electrons. The predicted molar refractivity (Wildman–Crippen MR) is 199 cm³/mol. The van der Waals surface area contributed by atoms with Gasteiger partial charge in [0.25, 0.3) is 20.2 Å². The summed E-state index contributed by atoms with van der Waals surface area (Å²) in [7, 11) is -12.3. The summed E-state index contributed by atoms with van der Waals surface area (Å²) >= 11 is 0. The first-order valence-corrected chi connectivity index (χ1v) is 19.2. The first kappa shape index (κ1) is 36.5. The normalized spacial score (nSPS) is 12.0. The molecule has 0 heterocycles. The van der Waals surface area contributed by atoms with Crippen molar-refractivity contribution in [2.75, 3.05) is 5.32 Å². The van der Waals surface area contributed by atoms with Crippen LogP contribution in [0.25, 0.3) is 32.3 Å². The molecule has 0 fully saturated rings. The molecule has 17 heteroatoms. The lowest BCUT2D eigenvalue weighted by Gasteiger charge is -2.14. The maximum absolute atomic E-state index is 12.4. The summed E-state index contributed by atoms with van der Waals surface area (Å²) in [5, 5.41) is 24.3. The van der Waals surface area contributed by atoms with E-state index in [1.54, 1.807) is 30.3 Å². The SMILES string of the molecule is O=S(=O)(O)c1ccc2c(N=Nc3cccc4ccccc34)ccc(N=Nc3ccc(Nc4ccccc4)c4c(S(=O)(=O)O)cccc34)c2c1.O=S(=O)=O. The van der Waals surface area contributed by atoms with Crippen LogP contribution in [-0.2, 0) is 30.8 Å². The van der Waals surface area contributed by atoms with Crippen molar-refractivity contribution in [3.63, 3.8) is 0 Å². The Morgan fingerprint density at radius 3 is 1.68 bits per heavy atom. The van der Waals surface area contributed by atoms with Gasteiger partial charge in [0.15, 0.2) is 0 Å². The highest BCUT2D eigenvalue weighted by Crippen LogP contribution is 2.40. The quantitative estimate of drug-likeness (QED) is 0.0982. The molecule has 7 aromatic rings. The zero-order valence-corrected chi connectivity index (χ0v) is 29.4. The van der Waals surface area contributed by atoms with Crippen molar-refractivity contribution in [1.29, 1.82) is 0 Å². The monoisotopic (exact) mass is 767 g/mol. The van der Waals surface area contributed by atoms with E-state index in [4.69, 9.17) is 12.6 Å². The molecule has 53 heavy (non-hydrogen) atoms. The van der Waals surface area contributed by atoms with Crippen molar-refractivity contribution in [2.45, 2.75) is 9.79 Å². The number of hydrogen-bond acceptors (Lipinski definition) is 12. The second kappa shape index (κ2) is 15.2. The first-order valence-electron chi connectivity index (χ1n) is 15.3. The number of anilines is 2. The topological polar surface area (TPSA) is 221 Å². The molecule has 7 aromatic carbocycles. The molecule has 0 saturated carbocycles. The first-order chi connectivity index (χ1) is 25.3. The smallest absolute Gasteiger partial charge is 0.355 e. The van der Waals surface area contributed by atoms with Crippen molar-refractivity contribution >= 4 is 97.3 Å². The molecule has 0 aliphatic rings. The van der Waals surface area contributed by atoms with E-state index in [9.17, 15) is 25.9 Å². The summed E-state index contributed by atoms with van der Waals surface area (Å²) in [6.45, 7) is 0. The van der Waals surface area contributed by atoms with Crippen LogP contribution in [0.3, 0.4) is 0 Å². The fourth-order valence-electron chi connectivity index (χ4n) is 5.58. The van der Waals surface area contributed by atoms with Crippen LogP contribution in [0.2, 0.25) is 0 Å². The van der Waals surface area contributed by atoms with Crippen molar-refractivity contribution in [3.8, 4) is 0 Å². The van der Waals surface area contributed by atoms with Crippen LogP contribution >= 0.6 is 0 Å². The molecule has 0 aromatic heterocycles. The predicted octanol–water partition coefficient (Wildman–Crippen LogP) is 9.21. The lowest BCUT2D eigenvalue weighted by Crippen LogP contribution is -2.01. The molecular formula is C36H25N5O9S3. The van der Waals surface area contributed by atoms with Crippen LogP contribution in [0.4, 0.5) is 34.1 Å². The van der Waals surface area contributed by atoms with E-state index in [2.05, 4.69) is 25.8 Å². The van der Waals surface area contributed by atoms with E-state index in [1.165, 1.54) is 30.3 Å². The summed E-state index contributed by atoms with van der Waals surface area (Å²) in [6.07, 6.45) is 0. The largest absolute Gasteiger partial charge is 0.425 e. The highest BCUT2D eigenvalue weighted by molar-refractivity contribution is 7.86. The Balaban J connectivity index is 0.00000114. The second-order valence-electron chi connectivity index (χ2n) is 11.2. The third kappa shape index (κ3) is 8.46. The Morgan fingerprint density at radius 2 is 1.02 bits per heavy atom. The number of benzene rings is 7. The van der Waals surface area contributed by atoms with Gasteiger partial charge in [0.2, 0.25) is 0 Å². The van der Waals surface area contributed by atoms with Crippen LogP contribution in [0, 0.1) is 0 Å². The minimum atomic E-state index is -4.63. The van der Waals surface area contributed by atoms with Crippen LogP contribution in [-0.4, -0.2) is 38.6 Å². The Kier molecular flexibility index (Phi) is 10.5. The molecule has 0 aliphatic heterocycles. The zero-order valence-electron chi connectivity index (χ0n) is 27.0. The lowest BCUT2D eigenvalue weighted by atomic mass is 10.1. The van der Waals surface area contributed by atoms with E-state index < -0.39 is 30.8 Å². The van der Waals surface area contributed by atoms with Gasteiger partial charge >= 0.3 is 10.6 Å². The van der Waals surface area contributed by atoms with E-state index in [-0.39, 0.29) is 26.6 Å². The second-order valence-corrected chi connectivity index (χ2v) is 14.4. The van der Waals surface area contributed by atoms with Crippen molar-refractivity contribution < 1.29 is 38.6 Å². The maximum Gasteiger partial charge on any atom is 0.425 e. The molecule has 0 bridgehead atoms. The minimum absolute atomic E-state index is 0.202. The number of fused-ring (bicyclic) bond motifs is 3. The molecule has 0 amide bonds. The Morgan fingerprint density at radius 1 is 0.491 bits per heavy atom. The molecule has 0 atom stereocenters. The van der Waals surface area contributed by atoms with E-state index in [0.717, 1.165) is 10.8 Å². The molecule has 7 rings (SSSR count). The Bertz CT molecular complexity index is 2930. The zero-order chi connectivity index (χ0) is 37.8. The summed E-state index contributed by atoms with van der Waals surface area (Å²) < 4.78 is 94.3. The third-order valence-electron chi connectivity index (χ3n) is 7.85. The number of rotatable bonds is 8. The molecule has 0 spiro atoms. The summed E-state index contributed by atoms with van der Waals surface area (Å²) in [6, 6.07) is 37.6. The van der Waals surface area contributed by atoms with Gasteiger partial charge in [-0.15, -0.1) is 33.1 Å². The molecule has 14 nitrogen and oxygen atoms in total. The van der Waals surface area contributed by atoms with Gasteiger partial charge in [0.05, 0.1) is 27.6 Å². The molecule has 0 saturated heterocycles. The molecule has 266 valence electrons. The van der Waals surface area contributed by atoms with Crippen molar-refractivity contribution in [3.05, 3.63) is 133 Å². The van der Waals surface area contributed by atoms with Gasteiger partial charge in [0.1, 0.15) is 4.90 Å². The van der Waals surface area contributed by atoms with Gasteiger partial charge in [-0.2, -0.15) is 16.8 Å². The fourth-order valence-corrected chi connectivity index (χ4v) is 6.82. The molecular weight excluding hydrogens is 743 g/mol. The Hall–Kier alpha value is -6.24. The van der Waals surface area contributed by atoms with Crippen molar-refractivity contribution in [2.24, 2.45) is 20.5 Å². The third-order valence-corrected chi connectivity index (χ3v) is 9.59. The van der Waals surface area contributed by atoms with E-state index in [0.29, 0.717) is 38.9 Å². The van der Waals surface area contributed by atoms with Gasteiger partial charge in [-0.1, -0.05) is 72.8 Å². The Labute approximate surface area is 303 Å². The fraction of sp³-hybridized carbons (Fsp3) is 0. The number of azo groups is 2.